The van der Waals surface area contributed by atoms with E-state index in [0.717, 1.165) is 12.2 Å². The molecule has 0 aliphatic heterocycles. The maximum atomic E-state index is 5.13. The normalized spacial score (nSPS) is 12.2. The fourth-order valence-electron chi connectivity index (χ4n) is 1.32. The molecule has 0 amide bonds. The van der Waals surface area contributed by atoms with Crippen molar-refractivity contribution in [1.82, 2.24) is 9.97 Å². The van der Waals surface area contributed by atoms with Crippen LogP contribution in [0.3, 0.4) is 0 Å². The van der Waals surface area contributed by atoms with Crippen LogP contribution in [0.5, 0.6) is 0 Å². The average Bonchev–Trinajstić information content (AvgIpc) is 2.29. The van der Waals surface area contributed by atoms with Crippen LogP contribution in [-0.4, -0.2) is 43.8 Å². The fraction of sp³-hybridized carbons (Fsp3) is 0.636. The van der Waals surface area contributed by atoms with Crippen molar-refractivity contribution in [3.8, 4) is 0 Å². The smallest absolute Gasteiger partial charge is 0.226 e. The molecule has 1 rings (SSSR count). The molecule has 0 saturated carbocycles. The molecule has 1 unspecified atom stereocenters. The van der Waals surface area contributed by atoms with Crippen molar-refractivity contribution in [3.63, 3.8) is 0 Å². The summed E-state index contributed by atoms with van der Waals surface area (Å²) >= 11 is 0. The quantitative estimate of drug-likeness (QED) is 0.791. The second-order valence-electron chi connectivity index (χ2n) is 3.84. The molecular weight excluding hydrogens is 204 g/mol. The highest BCUT2D eigenvalue weighted by atomic mass is 16.5. The van der Waals surface area contributed by atoms with Crippen LogP contribution in [-0.2, 0) is 4.74 Å². The number of anilines is 2. The van der Waals surface area contributed by atoms with Crippen molar-refractivity contribution in [2.45, 2.75) is 19.4 Å². The molecule has 0 bridgehead atoms. The molecular formula is C11H20N4O. The first kappa shape index (κ1) is 12.7. The van der Waals surface area contributed by atoms with Crippen LogP contribution in [0.4, 0.5) is 11.8 Å². The molecule has 0 spiro atoms. The maximum absolute atomic E-state index is 5.13. The summed E-state index contributed by atoms with van der Waals surface area (Å²) in [6.45, 7) is 2.79. The summed E-state index contributed by atoms with van der Waals surface area (Å²) in [6.07, 6.45) is 2.75. The first-order valence-electron chi connectivity index (χ1n) is 5.43. The van der Waals surface area contributed by atoms with Crippen LogP contribution in [0.1, 0.15) is 13.3 Å². The monoisotopic (exact) mass is 224 g/mol. The highest BCUT2D eigenvalue weighted by molar-refractivity contribution is 5.41. The second-order valence-corrected chi connectivity index (χ2v) is 3.84. The average molecular weight is 224 g/mol. The number of nitrogens with one attached hydrogen (secondary N) is 1. The van der Waals surface area contributed by atoms with E-state index in [0.29, 0.717) is 12.6 Å². The van der Waals surface area contributed by atoms with Crippen molar-refractivity contribution in [3.05, 3.63) is 12.3 Å². The number of rotatable bonds is 6. The van der Waals surface area contributed by atoms with Gasteiger partial charge in [0.1, 0.15) is 5.82 Å². The van der Waals surface area contributed by atoms with Crippen LogP contribution in [0.25, 0.3) is 0 Å². The van der Waals surface area contributed by atoms with Gasteiger partial charge in [-0.2, -0.15) is 4.98 Å². The third kappa shape index (κ3) is 3.66. The lowest BCUT2D eigenvalue weighted by Crippen LogP contribution is -2.25. The van der Waals surface area contributed by atoms with E-state index in [-0.39, 0.29) is 6.04 Å². The zero-order chi connectivity index (χ0) is 12.0. The third-order valence-corrected chi connectivity index (χ3v) is 2.26. The largest absolute Gasteiger partial charge is 0.383 e. The summed E-state index contributed by atoms with van der Waals surface area (Å²) in [5.41, 5.74) is 0. The lowest BCUT2D eigenvalue weighted by molar-refractivity contribution is 0.184. The number of hydrogen-bond acceptors (Lipinski definition) is 5. The molecule has 1 N–H and O–H groups in total. The van der Waals surface area contributed by atoms with E-state index in [1.165, 1.54) is 0 Å². The van der Waals surface area contributed by atoms with Crippen molar-refractivity contribution in [2.75, 3.05) is 38.0 Å². The van der Waals surface area contributed by atoms with E-state index >= 15 is 0 Å². The molecule has 1 aromatic heterocycles. The minimum absolute atomic E-state index is 0.287. The predicted octanol–water partition coefficient (Wildman–Crippen LogP) is 1.38. The fourth-order valence-corrected chi connectivity index (χ4v) is 1.32. The summed E-state index contributed by atoms with van der Waals surface area (Å²) < 4.78 is 5.13. The number of methoxy groups -OCH3 is 1. The van der Waals surface area contributed by atoms with E-state index in [1.54, 1.807) is 13.3 Å². The van der Waals surface area contributed by atoms with E-state index in [9.17, 15) is 0 Å². The lowest BCUT2D eigenvalue weighted by atomic mass is 10.2. The summed E-state index contributed by atoms with van der Waals surface area (Å²) in [7, 11) is 5.55. The molecule has 5 nitrogen and oxygen atoms in total. The van der Waals surface area contributed by atoms with Gasteiger partial charge in [-0.3, -0.25) is 0 Å². The highest BCUT2D eigenvalue weighted by Gasteiger charge is 2.07. The molecule has 0 fully saturated rings. The van der Waals surface area contributed by atoms with Gasteiger partial charge >= 0.3 is 0 Å². The summed E-state index contributed by atoms with van der Waals surface area (Å²) in [5, 5.41) is 3.32. The highest BCUT2D eigenvalue weighted by Crippen LogP contribution is 2.10. The van der Waals surface area contributed by atoms with Gasteiger partial charge in [-0.15, -0.1) is 0 Å². The standard InChI is InChI=1S/C11H20N4O/c1-5-9(8-16-4)13-10-6-7-12-11(14-10)15(2)3/h6-7,9H,5,8H2,1-4H3,(H,12,13,14). The second kappa shape index (κ2) is 6.27. The molecule has 1 heterocycles. The molecule has 1 atom stereocenters. The molecule has 0 aliphatic carbocycles. The van der Waals surface area contributed by atoms with Gasteiger partial charge in [0.2, 0.25) is 5.95 Å². The molecule has 0 aromatic carbocycles. The van der Waals surface area contributed by atoms with Gasteiger partial charge in [-0.1, -0.05) is 6.92 Å². The summed E-state index contributed by atoms with van der Waals surface area (Å²) in [5.74, 6) is 1.54. The van der Waals surface area contributed by atoms with Gasteiger partial charge in [0.25, 0.3) is 0 Å². The zero-order valence-electron chi connectivity index (χ0n) is 10.4. The van der Waals surface area contributed by atoms with Gasteiger partial charge < -0.3 is 15.0 Å². The Balaban J connectivity index is 2.68. The Bertz CT molecular complexity index is 317. The first-order chi connectivity index (χ1) is 7.67. The van der Waals surface area contributed by atoms with Crippen LogP contribution >= 0.6 is 0 Å². The molecule has 0 radical (unpaired) electrons. The topological polar surface area (TPSA) is 50.3 Å². The molecule has 1 aromatic rings. The van der Waals surface area contributed by atoms with E-state index in [2.05, 4.69) is 22.2 Å². The molecule has 0 saturated heterocycles. The lowest BCUT2D eigenvalue weighted by Gasteiger charge is -2.17. The van der Waals surface area contributed by atoms with Crippen LogP contribution < -0.4 is 10.2 Å². The van der Waals surface area contributed by atoms with Crippen molar-refractivity contribution in [2.24, 2.45) is 0 Å². The predicted molar refractivity (Wildman–Crippen MR) is 65.9 cm³/mol. The van der Waals surface area contributed by atoms with Crippen LogP contribution in [0, 0.1) is 0 Å². The first-order valence-corrected chi connectivity index (χ1v) is 5.43. The SMILES string of the molecule is CCC(COC)Nc1ccnc(N(C)C)n1. The Hall–Kier alpha value is -1.36. The molecule has 0 aliphatic rings. The van der Waals surface area contributed by atoms with Crippen molar-refractivity contribution >= 4 is 11.8 Å². The Labute approximate surface area is 96.8 Å². The number of nitrogens with zero attached hydrogens (tertiary/aromatic N) is 3. The van der Waals surface area contributed by atoms with Gasteiger partial charge in [-0.25, -0.2) is 4.98 Å². The molecule has 16 heavy (non-hydrogen) atoms. The van der Waals surface area contributed by atoms with Crippen molar-refractivity contribution < 1.29 is 4.74 Å². The van der Waals surface area contributed by atoms with E-state index in [1.807, 2.05) is 25.1 Å². The minimum atomic E-state index is 0.287. The van der Waals surface area contributed by atoms with E-state index < -0.39 is 0 Å². The Morgan fingerprint density at radius 1 is 1.50 bits per heavy atom. The maximum Gasteiger partial charge on any atom is 0.226 e. The van der Waals surface area contributed by atoms with Crippen LogP contribution in [0.2, 0.25) is 0 Å². The zero-order valence-corrected chi connectivity index (χ0v) is 10.4. The minimum Gasteiger partial charge on any atom is -0.383 e. The molecule has 5 heteroatoms. The Morgan fingerprint density at radius 2 is 2.25 bits per heavy atom. The van der Waals surface area contributed by atoms with Gasteiger partial charge in [0, 0.05) is 27.4 Å². The van der Waals surface area contributed by atoms with Crippen molar-refractivity contribution in [1.29, 1.82) is 0 Å². The number of aromatic nitrogens is 2. The third-order valence-electron chi connectivity index (χ3n) is 2.26. The van der Waals surface area contributed by atoms with Gasteiger partial charge in [0.15, 0.2) is 0 Å². The van der Waals surface area contributed by atoms with E-state index in [4.69, 9.17) is 4.74 Å². The molecule has 90 valence electrons. The Kier molecular flexibility index (Phi) is 4.98. The summed E-state index contributed by atoms with van der Waals surface area (Å²) in [6, 6.07) is 2.15. The number of ether oxygens (including phenoxy) is 1. The Morgan fingerprint density at radius 3 is 2.81 bits per heavy atom. The summed E-state index contributed by atoms with van der Waals surface area (Å²) in [4.78, 5) is 10.4. The van der Waals surface area contributed by atoms with Gasteiger partial charge in [0.05, 0.1) is 12.6 Å². The van der Waals surface area contributed by atoms with Gasteiger partial charge in [-0.05, 0) is 12.5 Å². The number of hydrogen-bond donors (Lipinski definition) is 1. The van der Waals surface area contributed by atoms with Crippen LogP contribution in [0.15, 0.2) is 12.3 Å².